The summed E-state index contributed by atoms with van der Waals surface area (Å²) in [6.45, 7) is 7.28. The predicted octanol–water partition coefficient (Wildman–Crippen LogP) is 3.00. The molecule has 112 valence electrons. The van der Waals surface area contributed by atoms with Gasteiger partial charge < -0.3 is 10.1 Å². The first-order valence-corrected chi connectivity index (χ1v) is 7.29. The molecule has 1 aromatic heterocycles. The normalized spacial score (nSPS) is 12.2. The third-order valence-electron chi connectivity index (χ3n) is 3.69. The topological polar surface area (TPSA) is 47.0 Å². The van der Waals surface area contributed by atoms with E-state index in [1.165, 1.54) is 16.7 Å². The molecule has 1 N–H and O–H groups in total. The molecule has 0 aliphatic heterocycles. The zero-order valence-corrected chi connectivity index (χ0v) is 13.2. The van der Waals surface area contributed by atoms with Crippen LogP contribution in [0, 0.1) is 13.8 Å². The minimum atomic E-state index is 0.161. The summed E-state index contributed by atoms with van der Waals surface area (Å²) in [4.78, 5) is 8.46. The molecular formula is C17H23N3O. The molecule has 1 unspecified atom stereocenters. The Bertz CT molecular complexity index is 598. The molecule has 21 heavy (non-hydrogen) atoms. The van der Waals surface area contributed by atoms with Crippen molar-refractivity contribution in [1.82, 2.24) is 15.3 Å². The average Bonchev–Trinajstić information content (AvgIpc) is 2.50. The summed E-state index contributed by atoms with van der Waals surface area (Å²) in [5.74, 6) is 0.600. The van der Waals surface area contributed by atoms with Gasteiger partial charge in [-0.15, -0.1) is 0 Å². The molecule has 1 heterocycles. The van der Waals surface area contributed by atoms with Gasteiger partial charge in [0, 0.05) is 6.07 Å². The van der Waals surface area contributed by atoms with Gasteiger partial charge in [0.2, 0.25) is 5.88 Å². The van der Waals surface area contributed by atoms with E-state index < -0.39 is 0 Å². The molecule has 0 saturated carbocycles. The van der Waals surface area contributed by atoms with Crippen LogP contribution in [0.15, 0.2) is 30.6 Å². The van der Waals surface area contributed by atoms with Gasteiger partial charge in [-0.2, -0.15) is 0 Å². The first-order chi connectivity index (χ1) is 10.1. The van der Waals surface area contributed by atoms with Crippen molar-refractivity contribution >= 4 is 0 Å². The van der Waals surface area contributed by atoms with E-state index in [0.29, 0.717) is 5.88 Å². The number of ether oxygens (including phenoxy) is 1. The Hall–Kier alpha value is -1.94. The van der Waals surface area contributed by atoms with E-state index in [1.54, 1.807) is 13.4 Å². The van der Waals surface area contributed by atoms with Crippen molar-refractivity contribution in [2.24, 2.45) is 0 Å². The van der Waals surface area contributed by atoms with Crippen LogP contribution in [0.2, 0.25) is 0 Å². The quantitative estimate of drug-likeness (QED) is 0.886. The molecule has 0 aliphatic rings. The molecule has 0 saturated heterocycles. The van der Waals surface area contributed by atoms with Gasteiger partial charge in [-0.05, 0) is 43.5 Å². The number of benzene rings is 1. The summed E-state index contributed by atoms with van der Waals surface area (Å²) in [5.41, 5.74) is 4.91. The van der Waals surface area contributed by atoms with Gasteiger partial charge in [-0.3, -0.25) is 0 Å². The molecule has 0 fully saturated rings. The second-order valence-corrected chi connectivity index (χ2v) is 5.22. The fourth-order valence-corrected chi connectivity index (χ4v) is 2.35. The number of hydrogen-bond acceptors (Lipinski definition) is 4. The highest BCUT2D eigenvalue weighted by Gasteiger charge is 2.14. The molecule has 0 radical (unpaired) electrons. The average molecular weight is 285 g/mol. The van der Waals surface area contributed by atoms with Gasteiger partial charge in [0.15, 0.2) is 0 Å². The fraction of sp³-hybridized carbons (Fsp3) is 0.412. The lowest BCUT2D eigenvalue weighted by molar-refractivity contribution is 0.393. The summed E-state index contributed by atoms with van der Waals surface area (Å²) >= 11 is 0. The number of hydrogen-bond donors (Lipinski definition) is 1. The molecule has 1 atom stereocenters. The maximum Gasteiger partial charge on any atom is 0.216 e. The van der Waals surface area contributed by atoms with Crippen LogP contribution >= 0.6 is 0 Å². The highest BCUT2D eigenvalue weighted by molar-refractivity contribution is 5.31. The van der Waals surface area contributed by atoms with Crippen molar-refractivity contribution in [3.8, 4) is 5.88 Å². The largest absolute Gasteiger partial charge is 0.481 e. The summed E-state index contributed by atoms with van der Waals surface area (Å²) in [5, 5.41) is 3.49. The van der Waals surface area contributed by atoms with Crippen LogP contribution in [0.1, 0.15) is 35.3 Å². The summed E-state index contributed by atoms with van der Waals surface area (Å²) in [6, 6.07) is 8.67. The number of likely N-dealkylation sites (N-methyl/N-ethyl adjacent to an activating group) is 1. The molecular weight excluding hydrogens is 262 g/mol. The second kappa shape index (κ2) is 7.18. The molecule has 0 aliphatic carbocycles. The van der Waals surface area contributed by atoms with Gasteiger partial charge in [-0.1, -0.05) is 25.1 Å². The molecule has 2 rings (SSSR count). The molecule has 4 nitrogen and oxygen atoms in total. The Morgan fingerprint density at radius 2 is 1.95 bits per heavy atom. The molecule has 4 heteroatoms. The first kappa shape index (κ1) is 15.4. The summed E-state index contributed by atoms with van der Waals surface area (Å²) in [7, 11) is 1.62. The molecule has 0 amide bonds. The smallest absolute Gasteiger partial charge is 0.216 e. The number of aromatic nitrogens is 2. The lowest BCUT2D eigenvalue weighted by atomic mass is 9.99. The van der Waals surface area contributed by atoms with Crippen LogP contribution in [0.4, 0.5) is 0 Å². The molecule has 0 spiro atoms. The minimum Gasteiger partial charge on any atom is -0.481 e. The van der Waals surface area contributed by atoms with E-state index in [-0.39, 0.29) is 6.04 Å². The van der Waals surface area contributed by atoms with Crippen LogP contribution in [0.25, 0.3) is 0 Å². The fourth-order valence-electron chi connectivity index (χ4n) is 2.35. The van der Waals surface area contributed by atoms with Crippen molar-refractivity contribution in [2.45, 2.75) is 33.2 Å². The van der Waals surface area contributed by atoms with E-state index in [0.717, 1.165) is 18.7 Å². The zero-order valence-electron chi connectivity index (χ0n) is 13.2. The highest BCUT2D eigenvalue weighted by Crippen LogP contribution is 2.20. The SMILES string of the molecule is CCNC(Cc1ccc(C)c(C)c1)c1cc(OC)ncn1. The summed E-state index contributed by atoms with van der Waals surface area (Å²) < 4.78 is 5.19. The van der Waals surface area contributed by atoms with Gasteiger partial charge >= 0.3 is 0 Å². The standard InChI is InChI=1S/C17H23N3O/c1-5-18-15(16-10-17(21-4)20-11-19-16)9-14-7-6-12(2)13(3)8-14/h6-8,10-11,15,18H,5,9H2,1-4H3. The number of nitrogens with one attached hydrogen (secondary N) is 1. The highest BCUT2D eigenvalue weighted by atomic mass is 16.5. The van der Waals surface area contributed by atoms with Crippen molar-refractivity contribution in [1.29, 1.82) is 0 Å². The maximum absolute atomic E-state index is 5.19. The Morgan fingerprint density at radius 3 is 2.62 bits per heavy atom. The Labute approximate surface area is 126 Å². The van der Waals surface area contributed by atoms with Crippen LogP contribution < -0.4 is 10.1 Å². The monoisotopic (exact) mass is 285 g/mol. The molecule has 1 aromatic carbocycles. The van der Waals surface area contributed by atoms with Gasteiger partial charge in [0.25, 0.3) is 0 Å². The third kappa shape index (κ3) is 4.02. The van der Waals surface area contributed by atoms with E-state index in [1.807, 2.05) is 6.07 Å². The number of nitrogens with zero attached hydrogens (tertiary/aromatic N) is 2. The number of aryl methyl sites for hydroxylation is 2. The second-order valence-electron chi connectivity index (χ2n) is 5.22. The molecule has 0 bridgehead atoms. The third-order valence-corrected chi connectivity index (χ3v) is 3.69. The minimum absolute atomic E-state index is 0.161. The van der Waals surface area contributed by atoms with Crippen LogP contribution in [0.3, 0.4) is 0 Å². The number of rotatable bonds is 6. The van der Waals surface area contributed by atoms with Crippen LogP contribution in [-0.2, 0) is 6.42 Å². The van der Waals surface area contributed by atoms with E-state index in [9.17, 15) is 0 Å². The lowest BCUT2D eigenvalue weighted by Gasteiger charge is -2.18. The van der Waals surface area contributed by atoms with Crippen molar-refractivity contribution in [2.75, 3.05) is 13.7 Å². The Kier molecular flexibility index (Phi) is 5.28. The Morgan fingerprint density at radius 1 is 1.14 bits per heavy atom. The predicted molar refractivity (Wildman–Crippen MR) is 84.6 cm³/mol. The van der Waals surface area contributed by atoms with Gasteiger partial charge in [-0.25, -0.2) is 9.97 Å². The maximum atomic E-state index is 5.19. The van der Waals surface area contributed by atoms with Gasteiger partial charge in [0.05, 0.1) is 18.8 Å². The molecule has 2 aromatic rings. The first-order valence-electron chi connectivity index (χ1n) is 7.29. The number of methoxy groups -OCH3 is 1. The lowest BCUT2D eigenvalue weighted by Crippen LogP contribution is -2.24. The zero-order chi connectivity index (χ0) is 15.2. The Balaban J connectivity index is 2.23. The van der Waals surface area contributed by atoms with Crippen molar-refractivity contribution in [3.05, 3.63) is 53.0 Å². The van der Waals surface area contributed by atoms with Crippen LogP contribution in [-0.4, -0.2) is 23.6 Å². The van der Waals surface area contributed by atoms with E-state index in [2.05, 4.69) is 54.3 Å². The summed E-state index contributed by atoms with van der Waals surface area (Å²) in [6.07, 6.45) is 2.45. The van der Waals surface area contributed by atoms with Crippen molar-refractivity contribution in [3.63, 3.8) is 0 Å². The van der Waals surface area contributed by atoms with E-state index >= 15 is 0 Å². The van der Waals surface area contributed by atoms with E-state index in [4.69, 9.17) is 4.74 Å². The van der Waals surface area contributed by atoms with Gasteiger partial charge in [0.1, 0.15) is 6.33 Å². The van der Waals surface area contributed by atoms with Crippen molar-refractivity contribution < 1.29 is 4.74 Å². The van der Waals surface area contributed by atoms with Crippen LogP contribution in [0.5, 0.6) is 5.88 Å².